The number of hydrogen-bond donors (Lipinski definition) is 1. The number of aryl methyl sites for hydroxylation is 1. The molecule has 0 aliphatic carbocycles. The largest absolute Gasteiger partial charge is 0.491 e. The van der Waals surface area contributed by atoms with Gasteiger partial charge in [0, 0.05) is 38.9 Å². The minimum absolute atomic E-state index is 0.101. The number of aromatic nitrogens is 1. The van der Waals surface area contributed by atoms with Gasteiger partial charge in [0.1, 0.15) is 12.4 Å². The van der Waals surface area contributed by atoms with Gasteiger partial charge in [-0.05, 0) is 23.8 Å². The lowest BCUT2D eigenvalue weighted by Gasteiger charge is -2.09. The summed E-state index contributed by atoms with van der Waals surface area (Å²) in [6.07, 6.45) is 1.93. The Balaban J connectivity index is 1.78. The Bertz CT molecular complexity index is 712. The van der Waals surface area contributed by atoms with Crippen LogP contribution in [-0.2, 0) is 22.6 Å². The van der Waals surface area contributed by atoms with E-state index in [9.17, 15) is 9.59 Å². The smallest absolute Gasteiger partial charge is 0.250 e. The highest BCUT2D eigenvalue weighted by Gasteiger charge is 2.04. The van der Waals surface area contributed by atoms with Gasteiger partial charge in [0.15, 0.2) is 0 Å². The van der Waals surface area contributed by atoms with Crippen LogP contribution in [0.5, 0.6) is 5.75 Å². The number of nitrogens with one attached hydrogen (secondary N) is 1. The lowest BCUT2D eigenvalue weighted by Crippen LogP contribution is -2.26. The minimum atomic E-state index is -0.105. The molecule has 0 unspecified atom stereocenters. The molecule has 0 saturated carbocycles. The molecule has 2 rings (SSSR count). The number of rotatable bonds is 9. The maximum absolute atomic E-state index is 11.9. The predicted octanol–water partition coefficient (Wildman–Crippen LogP) is 1.58. The van der Waals surface area contributed by atoms with Crippen molar-refractivity contribution in [2.24, 2.45) is 0 Å². The molecule has 1 aromatic heterocycles. The van der Waals surface area contributed by atoms with Gasteiger partial charge in [0.05, 0.1) is 6.61 Å². The van der Waals surface area contributed by atoms with Crippen LogP contribution in [0, 0.1) is 0 Å². The Kier molecular flexibility index (Phi) is 7.04. The normalized spacial score (nSPS) is 10.4. The maximum atomic E-state index is 11.9. The van der Waals surface area contributed by atoms with Crippen molar-refractivity contribution >= 4 is 5.91 Å². The highest BCUT2D eigenvalue weighted by molar-refractivity contribution is 5.75. The van der Waals surface area contributed by atoms with E-state index in [0.29, 0.717) is 26.3 Å². The third-order valence-corrected chi connectivity index (χ3v) is 3.42. The summed E-state index contributed by atoms with van der Waals surface area (Å²) < 4.78 is 12.0. The van der Waals surface area contributed by atoms with Crippen molar-refractivity contribution in [2.45, 2.75) is 19.5 Å². The second kappa shape index (κ2) is 9.52. The van der Waals surface area contributed by atoms with Crippen LogP contribution in [-0.4, -0.2) is 30.8 Å². The number of pyridine rings is 1. The molecule has 1 heterocycles. The zero-order chi connectivity index (χ0) is 17.2. The van der Waals surface area contributed by atoms with Crippen LogP contribution >= 0.6 is 0 Å². The number of amides is 1. The molecule has 0 bridgehead atoms. The summed E-state index contributed by atoms with van der Waals surface area (Å²) in [5, 5.41) is 2.85. The molecule has 2 aromatic rings. The van der Waals surface area contributed by atoms with Crippen LogP contribution in [0.2, 0.25) is 0 Å². The fourth-order valence-electron chi connectivity index (χ4n) is 2.14. The van der Waals surface area contributed by atoms with Gasteiger partial charge in [0.2, 0.25) is 5.91 Å². The number of benzene rings is 1. The quantitative estimate of drug-likeness (QED) is 0.709. The van der Waals surface area contributed by atoms with Crippen LogP contribution in [0.3, 0.4) is 0 Å². The molecule has 6 heteroatoms. The zero-order valence-corrected chi connectivity index (χ0v) is 13.7. The summed E-state index contributed by atoms with van der Waals surface area (Å²) in [6, 6.07) is 12.5. The Hall–Kier alpha value is -2.60. The number of carbonyl (C=O) groups is 1. The molecule has 1 aromatic carbocycles. The number of carbonyl (C=O) groups excluding carboxylic acids is 1. The van der Waals surface area contributed by atoms with E-state index in [-0.39, 0.29) is 17.9 Å². The topological polar surface area (TPSA) is 69.6 Å². The molecule has 0 fully saturated rings. The maximum Gasteiger partial charge on any atom is 0.250 e. The molecule has 1 N–H and O–H groups in total. The van der Waals surface area contributed by atoms with Gasteiger partial charge in [-0.1, -0.05) is 18.2 Å². The molecule has 0 spiro atoms. The summed E-state index contributed by atoms with van der Waals surface area (Å²) in [5.41, 5.74) is 0.848. The van der Waals surface area contributed by atoms with Crippen molar-refractivity contribution in [1.82, 2.24) is 9.88 Å². The van der Waals surface area contributed by atoms with E-state index in [4.69, 9.17) is 9.47 Å². The molecule has 0 radical (unpaired) electrons. The number of hydrogen-bond acceptors (Lipinski definition) is 4. The number of methoxy groups -OCH3 is 1. The summed E-state index contributed by atoms with van der Waals surface area (Å²) in [5.74, 6) is 0.645. The molecule has 1 amide bonds. The average molecular weight is 330 g/mol. The van der Waals surface area contributed by atoms with E-state index in [1.807, 2.05) is 24.3 Å². The second-order valence-electron chi connectivity index (χ2n) is 5.25. The third-order valence-electron chi connectivity index (χ3n) is 3.42. The minimum Gasteiger partial charge on any atom is -0.491 e. The molecular weight excluding hydrogens is 308 g/mol. The van der Waals surface area contributed by atoms with E-state index in [1.54, 1.807) is 25.4 Å². The fourth-order valence-corrected chi connectivity index (χ4v) is 2.14. The van der Waals surface area contributed by atoms with E-state index in [2.05, 4.69) is 5.32 Å². The lowest BCUT2D eigenvalue weighted by atomic mass is 10.2. The van der Waals surface area contributed by atoms with Crippen LogP contribution < -0.4 is 15.6 Å². The van der Waals surface area contributed by atoms with Crippen molar-refractivity contribution in [1.29, 1.82) is 0 Å². The van der Waals surface area contributed by atoms with E-state index < -0.39 is 0 Å². The van der Waals surface area contributed by atoms with Crippen molar-refractivity contribution < 1.29 is 14.3 Å². The van der Waals surface area contributed by atoms with Crippen LogP contribution in [0.1, 0.15) is 12.0 Å². The van der Waals surface area contributed by atoms with Crippen LogP contribution in [0.4, 0.5) is 0 Å². The van der Waals surface area contributed by atoms with Gasteiger partial charge in [0.25, 0.3) is 5.56 Å². The van der Waals surface area contributed by atoms with Gasteiger partial charge in [-0.3, -0.25) is 9.59 Å². The molecule has 0 saturated heterocycles. The molecule has 0 aliphatic rings. The lowest BCUT2D eigenvalue weighted by molar-refractivity contribution is -0.121. The molecule has 6 nitrogen and oxygen atoms in total. The van der Waals surface area contributed by atoms with Gasteiger partial charge in [-0.15, -0.1) is 0 Å². The van der Waals surface area contributed by atoms with Gasteiger partial charge in [-0.25, -0.2) is 0 Å². The SMILES string of the molecule is COCCOc1cccc(CNC(=O)CCn2ccccc2=O)c1. The first-order valence-corrected chi connectivity index (χ1v) is 7.82. The van der Waals surface area contributed by atoms with E-state index in [1.165, 1.54) is 10.6 Å². The van der Waals surface area contributed by atoms with Crippen molar-refractivity contribution in [2.75, 3.05) is 20.3 Å². The first-order valence-electron chi connectivity index (χ1n) is 7.82. The first kappa shape index (κ1) is 17.7. The Morgan fingerprint density at radius 1 is 1.17 bits per heavy atom. The van der Waals surface area contributed by atoms with Crippen molar-refractivity contribution in [3.8, 4) is 5.75 Å². The van der Waals surface area contributed by atoms with Gasteiger partial charge >= 0.3 is 0 Å². The Labute approximate surface area is 141 Å². The molecule has 128 valence electrons. The fraction of sp³-hybridized carbons (Fsp3) is 0.333. The van der Waals surface area contributed by atoms with Crippen LogP contribution in [0.25, 0.3) is 0 Å². The Morgan fingerprint density at radius 2 is 2.04 bits per heavy atom. The highest BCUT2D eigenvalue weighted by atomic mass is 16.5. The van der Waals surface area contributed by atoms with Gasteiger partial charge < -0.3 is 19.4 Å². The van der Waals surface area contributed by atoms with Crippen molar-refractivity contribution in [3.05, 3.63) is 64.6 Å². The van der Waals surface area contributed by atoms with E-state index >= 15 is 0 Å². The number of nitrogens with zero attached hydrogens (tertiary/aromatic N) is 1. The first-order chi connectivity index (χ1) is 11.7. The molecule has 0 atom stereocenters. The monoisotopic (exact) mass is 330 g/mol. The highest BCUT2D eigenvalue weighted by Crippen LogP contribution is 2.13. The number of ether oxygens (including phenoxy) is 2. The van der Waals surface area contributed by atoms with Gasteiger partial charge in [-0.2, -0.15) is 0 Å². The summed E-state index contributed by atoms with van der Waals surface area (Å²) in [6.45, 7) is 1.80. The van der Waals surface area contributed by atoms with Crippen molar-refractivity contribution in [3.63, 3.8) is 0 Å². The molecular formula is C18H22N2O4. The zero-order valence-electron chi connectivity index (χ0n) is 13.7. The van der Waals surface area contributed by atoms with E-state index in [0.717, 1.165) is 11.3 Å². The Morgan fingerprint density at radius 3 is 2.83 bits per heavy atom. The summed E-state index contributed by atoms with van der Waals surface area (Å²) >= 11 is 0. The molecule has 24 heavy (non-hydrogen) atoms. The average Bonchev–Trinajstić information content (AvgIpc) is 2.60. The second-order valence-corrected chi connectivity index (χ2v) is 5.25. The standard InChI is InChI=1S/C18H22N2O4/c1-23-11-12-24-16-6-4-5-15(13-16)14-19-17(21)8-10-20-9-3-2-7-18(20)22/h2-7,9,13H,8,10-12,14H2,1H3,(H,19,21). The summed E-state index contributed by atoms with van der Waals surface area (Å²) in [4.78, 5) is 23.5. The third kappa shape index (κ3) is 5.89. The van der Waals surface area contributed by atoms with Crippen LogP contribution in [0.15, 0.2) is 53.5 Å². The molecule has 0 aliphatic heterocycles. The summed E-state index contributed by atoms with van der Waals surface area (Å²) in [7, 11) is 1.62. The predicted molar refractivity (Wildman–Crippen MR) is 91.0 cm³/mol.